The first kappa shape index (κ1) is 13.5. The van der Waals surface area contributed by atoms with Gasteiger partial charge in [0.1, 0.15) is 5.76 Å². The highest BCUT2D eigenvalue weighted by atomic mass is 16.3. The Bertz CT molecular complexity index is 393. The predicted octanol–water partition coefficient (Wildman–Crippen LogP) is 3.77. The highest BCUT2D eigenvalue weighted by Crippen LogP contribution is 2.17. The Labute approximate surface area is 91.3 Å². The lowest BCUT2D eigenvalue weighted by molar-refractivity contribution is 0.568. The second-order valence-corrected chi connectivity index (χ2v) is 2.52. The second-order valence-electron chi connectivity index (χ2n) is 2.52. The van der Waals surface area contributed by atoms with Crippen molar-refractivity contribution in [2.24, 2.45) is 0 Å². The molecular weight excluding hydrogens is 188 g/mol. The van der Waals surface area contributed by atoms with Gasteiger partial charge in [-0.05, 0) is 19.1 Å². The van der Waals surface area contributed by atoms with Gasteiger partial charge in [0.15, 0.2) is 0 Å². The summed E-state index contributed by atoms with van der Waals surface area (Å²) in [5, 5.41) is 0.961. The van der Waals surface area contributed by atoms with Crippen LogP contribution in [0.5, 0.6) is 0 Å². The van der Waals surface area contributed by atoms with Crippen LogP contribution in [0.4, 0.5) is 5.69 Å². The van der Waals surface area contributed by atoms with E-state index in [4.69, 9.17) is 10.2 Å². The summed E-state index contributed by atoms with van der Waals surface area (Å²) >= 11 is 0. The fourth-order valence-corrected chi connectivity index (χ4v) is 1.08. The van der Waals surface area contributed by atoms with Gasteiger partial charge in [0.2, 0.25) is 5.71 Å². The Morgan fingerprint density at radius 2 is 1.73 bits per heavy atom. The van der Waals surface area contributed by atoms with Crippen molar-refractivity contribution in [3.63, 3.8) is 0 Å². The van der Waals surface area contributed by atoms with Crippen LogP contribution in [-0.2, 0) is 0 Å². The number of nitrogens with zero attached hydrogens (tertiary/aromatic N) is 1. The van der Waals surface area contributed by atoms with Crippen molar-refractivity contribution < 1.29 is 4.42 Å². The van der Waals surface area contributed by atoms with Gasteiger partial charge in [-0.3, -0.25) is 0 Å². The van der Waals surface area contributed by atoms with Gasteiger partial charge in [0, 0.05) is 5.39 Å². The number of fused-ring (bicyclic) bond motifs is 1. The van der Waals surface area contributed by atoms with Gasteiger partial charge in [-0.15, -0.1) is 0 Å². The highest BCUT2D eigenvalue weighted by molar-refractivity contribution is 5.77. The summed E-state index contributed by atoms with van der Waals surface area (Å²) in [4.78, 5) is 4.01. The smallest absolute Gasteiger partial charge is 0.226 e. The van der Waals surface area contributed by atoms with Gasteiger partial charge in [0.05, 0.1) is 11.9 Å². The first-order chi connectivity index (χ1) is 7.25. The zero-order valence-corrected chi connectivity index (χ0v) is 10.2. The van der Waals surface area contributed by atoms with Gasteiger partial charge in [-0.2, -0.15) is 0 Å². The maximum Gasteiger partial charge on any atom is 0.226 e. The summed E-state index contributed by atoms with van der Waals surface area (Å²) < 4.78 is 5.26. The molecule has 2 aromatic heterocycles. The number of pyridine rings is 1. The van der Waals surface area contributed by atoms with Gasteiger partial charge in [0.25, 0.3) is 0 Å². The number of aromatic nitrogens is 1. The summed E-state index contributed by atoms with van der Waals surface area (Å²) in [5.41, 5.74) is 6.84. The molecule has 2 heterocycles. The molecule has 3 nitrogen and oxygen atoms in total. The average molecular weight is 208 g/mol. The summed E-state index contributed by atoms with van der Waals surface area (Å²) in [6, 6.07) is 3.76. The fourth-order valence-electron chi connectivity index (χ4n) is 1.08. The molecule has 0 saturated heterocycles. The number of anilines is 1. The van der Waals surface area contributed by atoms with E-state index >= 15 is 0 Å². The third-order valence-electron chi connectivity index (χ3n) is 1.52. The number of hydrogen-bond donors (Lipinski definition) is 1. The molecule has 0 aliphatic heterocycles. The van der Waals surface area contributed by atoms with E-state index in [9.17, 15) is 0 Å². The Hall–Kier alpha value is -1.51. The van der Waals surface area contributed by atoms with Crippen LogP contribution in [0.1, 0.15) is 33.5 Å². The van der Waals surface area contributed by atoms with Gasteiger partial charge >= 0.3 is 0 Å². The number of furan rings is 1. The Morgan fingerprint density at radius 1 is 1.13 bits per heavy atom. The minimum atomic E-state index is 0.650. The van der Waals surface area contributed by atoms with E-state index in [1.807, 2.05) is 46.8 Å². The predicted molar refractivity (Wildman–Crippen MR) is 65.9 cm³/mol. The van der Waals surface area contributed by atoms with Crippen LogP contribution in [0.25, 0.3) is 11.1 Å². The van der Waals surface area contributed by atoms with Crippen LogP contribution < -0.4 is 5.73 Å². The number of aryl methyl sites for hydroxylation is 1. The summed E-state index contributed by atoms with van der Waals surface area (Å²) in [5.74, 6) is 0.859. The minimum absolute atomic E-state index is 0.650. The van der Waals surface area contributed by atoms with Crippen molar-refractivity contribution in [1.82, 2.24) is 4.98 Å². The Balaban J connectivity index is 0.000000442. The SMILES string of the molecule is CC.CC.Cc1cc2cc(N)cnc2o1. The molecule has 0 bridgehead atoms. The van der Waals surface area contributed by atoms with Gasteiger partial charge in [-0.25, -0.2) is 4.98 Å². The van der Waals surface area contributed by atoms with Crippen LogP contribution in [0.3, 0.4) is 0 Å². The number of hydrogen-bond acceptors (Lipinski definition) is 3. The quantitative estimate of drug-likeness (QED) is 0.717. The molecule has 0 radical (unpaired) electrons. The molecule has 2 aromatic rings. The summed E-state index contributed by atoms with van der Waals surface area (Å²) in [6.07, 6.45) is 1.59. The van der Waals surface area contributed by atoms with Crippen LogP contribution >= 0.6 is 0 Å². The van der Waals surface area contributed by atoms with E-state index in [0.717, 1.165) is 11.1 Å². The van der Waals surface area contributed by atoms with Crippen molar-refractivity contribution in [1.29, 1.82) is 0 Å². The first-order valence-electron chi connectivity index (χ1n) is 5.37. The number of nitrogen functional groups attached to an aromatic ring is 1. The lowest BCUT2D eigenvalue weighted by Gasteiger charge is -1.88. The zero-order chi connectivity index (χ0) is 11.8. The van der Waals surface area contributed by atoms with Crippen molar-refractivity contribution in [2.45, 2.75) is 34.6 Å². The molecule has 15 heavy (non-hydrogen) atoms. The van der Waals surface area contributed by atoms with Crippen LogP contribution in [0.2, 0.25) is 0 Å². The lowest BCUT2D eigenvalue weighted by Crippen LogP contribution is -1.84. The molecule has 3 heteroatoms. The molecule has 0 fully saturated rings. The first-order valence-corrected chi connectivity index (χ1v) is 5.37. The number of rotatable bonds is 0. The van der Waals surface area contributed by atoms with Gasteiger partial charge < -0.3 is 10.2 Å². The number of nitrogens with two attached hydrogens (primary N) is 1. The fraction of sp³-hybridized carbons (Fsp3) is 0.417. The minimum Gasteiger partial charge on any atom is -0.443 e. The molecule has 84 valence electrons. The largest absolute Gasteiger partial charge is 0.443 e. The third kappa shape index (κ3) is 3.62. The molecule has 0 aromatic carbocycles. The molecule has 0 aliphatic carbocycles. The van der Waals surface area contributed by atoms with E-state index in [2.05, 4.69) is 4.98 Å². The average Bonchev–Trinajstić information content (AvgIpc) is 2.63. The third-order valence-corrected chi connectivity index (χ3v) is 1.52. The van der Waals surface area contributed by atoms with Crippen molar-refractivity contribution in [3.05, 3.63) is 24.1 Å². The second kappa shape index (κ2) is 6.87. The van der Waals surface area contributed by atoms with E-state index in [1.165, 1.54) is 0 Å². The van der Waals surface area contributed by atoms with Crippen LogP contribution in [0, 0.1) is 6.92 Å². The Morgan fingerprint density at radius 3 is 2.33 bits per heavy atom. The molecule has 0 saturated carbocycles. The van der Waals surface area contributed by atoms with E-state index in [-0.39, 0.29) is 0 Å². The molecule has 0 aliphatic rings. The highest BCUT2D eigenvalue weighted by Gasteiger charge is 1.99. The van der Waals surface area contributed by atoms with Crippen molar-refractivity contribution in [2.75, 3.05) is 5.73 Å². The maximum absolute atomic E-state index is 5.53. The van der Waals surface area contributed by atoms with E-state index < -0.39 is 0 Å². The lowest BCUT2D eigenvalue weighted by atomic mass is 10.3. The van der Waals surface area contributed by atoms with Crippen molar-refractivity contribution >= 4 is 16.8 Å². The topological polar surface area (TPSA) is 52.0 Å². The van der Waals surface area contributed by atoms with Crippen LogP contribution in [-0.4, -0.2) is 4.98 Å². The molecular formula is C12H20N2O. The summed E-state index contributed by atoms with van der Waals surface area (Å²) in [7, 11) is 0. The molecule has 2 N–H and O–H groups in total. The normalized spacial score (nSPS) is 8.60. The van der Waals surface area contributed by atoms with Crippen molar-refractivity contribution in [3.8, 4) is 0 Å². The molecule has 0 unspecified atom stereocenters. The molecule has 0 atom stereocenters. The zero-order valence-electron chi connectivity index (χ0n) is 10.2. The van der Waals surface area contributed by atoms with E-state index in [0.29, 0.717) is 11.4 Å². The molecule has 0 amide bonds. The standard InChI is InChI=1S/C8H8N2O.2C2H6/c1-5-2-6-3-7(9)4-10-8(6)11-5;2*1-2/h2-4H,9H2,1H3;2*1-2H3. The molecule has 2 rings (SSSR count). The Kier molecular flexibility index (Phi) is 6.18. The van der Waals surface area contributed by atoms with E-state index in [1.54, 1.807) is 6.20 Å². The van der Waals surface area contributed by atoms with Crippen LogP contribution in [0.15, 0.2) is 22.7 Å². The monoisotopic (exact) mass is 208 g/mol. The summed E-state index contributed by atoms with van der Waals surface area (Å²) in [6.45, 7) is 9.89. The maximum atomic E-state index is 5.53. The van der Waals surface area contributed by atoms with Gasteiger partial charge in [-0.1, -0.05) is 27.7 Å². The molecule has 0 spiro atoms.